The predicted molar refractivity (Wildman–Crippen MR) is 81.7 cm³/mol. The van der Waals surface area contributed by atoms with E-state index in [-0.39, 0.29) is 13.2 Å². The van der Waals surface area contributed by atoms with E-state index in [1.54, 1.807) is 13.8 Å². The van der Waals surface area contributed by atoms with Crippen molar-refractivity contribution in [3.8, 4) is 17.6 Å². The van der Waals surface area contributed by atoms with E-state index in [2.05, 4.69) is 11.8 Å². The van der Waals surface area contributed by atoms with Crippen molar-refractivity contribution in [1.29, 1.82) is 0 Å². The van der Waals surface area contributed by atoms with Crippen LogP contribution in [0.25, 0.3) is 0 Å². The van der Waals surface area contributed by atoms with Gasteiger partial charge in [0, 0.05) is 5.92 Å². The van der Waals surface area contributed by atoms with Crippen molar-refractivity contribution in [2.45, 2.75) is 13.8 Å². The van der Waals surface area contributed by atoms with E-state index in [1.807, 2.05) is 30.3 Å². The van der Waals surface area contributed by atoms with Crippen LogP contribution < -0.4 is 4.74 Å². The number of esters is 1. The minimum Gasteiger partial charge on any atom is -0.481 e. The van der Waals surface area contributed by atoms with Crippen LogP contribution in [0, 0.1) is 29.1 Å². The van der Waals surface area contributed by atoms with Crippen LogP contribution in [0.15, 0.2) is 42.5 Å². The number of para-hydroxylation sites is 1. The molecule has 1 saturated carbocycles. The molecule has 0 aromatic heterocycles. The second-order valence-electron chi connectivity index (χ2n) is 5.84. The molecule has 0 saturated heterocycles. The topological polar surface area (TPSA) is 35.5 Å². The van der Waals surface area contributed by atoms with Crippen LogP contribution in [0.1, 0.15) is 13.8 Å². The third-order valence-corrected chi connectivity index (χ3v) is 3.94. The van der Waals surface area contributed by atoms with Gasteiger partial charge in [-0.05, 0) is 23.6 Å². The lowest BCUT2D eigenvalue weighted by atomic mass is 10.1. The Bertz CT molecular complexity index is 637. The number of hydrogen-bond donors (Lipinski definition) is 0. The molecule has 1 fully saturated rings. The quantitative estimate of drug-likeness (QED) is 0.613. The van der Waals surface area contributed by atoms with E-state index < -0.39 is 29.3 Å². The third kappa shape index (κ3) is 4.56. The zero-order valence-corrected chi connectivity index (χ0v) is 13.0. The fourth-order valence-electron chi connectivity index (χ4n) is 2.51. The summed E-state index contributed by atoms with van der Waals surface area (Å²) < 4.78 is 35.0. The summed E-state index contributed by atoms with van der Waals surface area (Å²) in [5, 5.41) is 0. The van der Waals surface area contributed by atoms with Crippen molar-refractivity contribution in [2.24, 2.45) is 17.3 Å². The lowest BCUT2D eigenvalue weighted by molar-refractivity contribution is -0.144. The number of carbonyl (C=O) groups excluding carboxylic acids is 1. The number of allylic oxidation sites excluding steroid dienone is 1. The first-order chi connectivity index (χ1) is 10.9. The molecule has 0 radical (unpaired) electrons. The van der Waals surface area contributed by atoms with Gasteiger partial charge in [-0.25, -0.2) is 0 Å². The Labute approximate surface area is 134 Å². The average Bonchev–Trinajstić information content (AvgIpc) is 3.03. The minimum absolute atomic E-state index is 0.0713. The largest absolute Gasteiger partial charge is 0.481 e. The predicted octanol–water partition coefficient (Wildman–Crippen LogP) is 3.66. The monoisotopic (exact) mass is 320 g/mol. The van der Waals surface area contributed by atoms with Crippen LogP contribution in [0.2, 0.25) is 0 Å². The molecule has 1 aliphatic rings. The first-order valence-electron chi connectivity index (χ1n) is 7.26. The van der Waals surface area contributed by atoms with Crippen molar-refractivity contribution in [3.63, 3.8) is 0 Å². The number of rotatable bonds is 5. The normalized spacial score (nSPS) is 20.7. The Morgan fingerprint density at radius 3 is 2.52 bits per heavy atom. The van der Waals surface area contributed by atoms with Gasteiger partial charge in [0.05, 0.1) is 5.92 Å². The molecule has 0 heterocycles. The summed E-state index contributed by atoms with van der Waals surface area (Å²) in [5.41, 5.74) is -0.496. The first-order valence-corrected chi connectivity index (χ1v) is 7.26. The highest BCUT2D eigenvalue weighted by Gasteiger charge is 2.61. The summed E-state index contributed by atoms with van der Waals surface area (Å²) >= 11 is 0. The lowest BCUT2D eigenvalue weighted by Gasteiger charge is -2.02. The van der Waals surface area contributed by atoms with E-state index in [1.165, 1.54) is 0 Å². The molecule has 5 heteroatoms. The fraction of sp³-hybridized carbons (Fsp3) is 0.389. The van der Waals surface area contributed by atoms with E-state index in [9.17, 15) is 13.6 Å². The maximum atomic E-state index is 12.3. The van der Waals surface area contributed by atoms with Crippen molar-refractivity contribution in [1.82, 2.24) is 0 Å². The molecule has 0 amide bonds. The van der Waals surface area contributed by atoms with Gasteiger partial charge in [-0.3, -0.25) is 4.79 Å². The maximum absolute atomic E-state index is 12.3. The number of benzene rings is 1. The molecule has 3 nitrogen and oxygen atoms in total. The molecule has 2 atom stereocenters. The standard InChI is InChI=1S/C18H18F2O3/c1-18(2)14(12-15(19)20)16(18)17(21)23-11-7-6-10-22-13-8-4-3-5-9-13/h3-5,8-9,12,14,16H,10-11H2,1-2H3/t14-,16+/m1/s1. The van der Waals surface area contributed by atoms with Gasteiger partial charge in [-0.1, -0.05) is 43.9 Å². The molecular formula is C18H18F2O3. The van der Waals surface area contributed by atoms with Crippen LogP contribution in [-0.4, -0.2) is 19.2 Å². The highest BCUT2D eigenvalue weighted by atomic mass is 19.3. The summed E-state index contributed by atoms with van der Waals surface area (Å²) in [6, 6.07) is 9.22. The van der Waals surface area contributed by atoms with Crippen molar-refractivity contribution in [2.75, 3.05) is 13.2 Å². The Hall–Kier alpha value is -2.35. The third-order valence-electron chi connectivity index (χ3n) is 3.94. The zero-order valence-electron chi connectivity index (χ0n) is 13.0. The van der Waals surface area contributed by atoms with Gasteiger partial charge < -0.3 is 9.47 Å². The molecule has 23 heavy (non-hydrogen) atoms. The van der Waals surface area contributed by atoms with Crippen LogP contribution in [-0.2, 0) is 9.53 Å². The van der Waals surface area contributed by atoms with E-state index in [0.717, 1.165) is 6.08 Å². The summed E-state index contributed by atoms with van der Waals surface area (Å²) in [7, 11) is 0. The molecule has 1 aromatic carbocycles. The molecular weight excluding hydrogens is 302 g/mol. The molecule has 0 N–H and O–H groups in total. The molecule has 0 bridgehead atoms. The van der Waals surface area contributed by atoms with Gasteiger partial charge in [0.25, 0.3) is 6.08 Å². The highest BCUT2D eigenvalue weighted by Crippen LogP contribution is 2.59. The SMILES string of the molecule is CC1(C)[C@H](C=C(F)F)[C@H]1C(=O)OCC#CCOc1ccccc1. The molecule has 1 aromatic rings. The summed E-state index contributed by atoms with van der Waals surface area (Å²) in [5.74, 6) is 4.61. The molecule has 2 rings (SSSR count). The summed E-state index contributed by atoms with van der Waals surface area (Å²) in [6.07, 6.45) is -0.943. The molecule has 0 aliphatic heterocycles. The van der Waals surface area contributed by atoms with E-state index >= 15 is 0 Å². The first kappa shape index (κ1) is 17.0. The Morgan fingerprint density at radius 1 is 1.22 bits per heavy atom. The number of carbonyl (C=O) groups is 1. The van der Waals surface area contributed by atoms with Gasteiger partial charge in [0.1, 0.15) is 12.4 Å². The smallest absolute Gasteiger partial charge is 0.311 e. The van der Waals surface area contributed by atoms with Crippen LogP contribution in [0.4, 0.5) is 8.78 Å². The van der Waals surface area contributed by atoms with Gasteiger partial charge in [-0.15, -0.1) is 0 Å². The van der Waals surface area contributed by atoms with Gasteiger partial charge in [0.2, 0.25) is 0 Å². The summed E-state index contributed by atoms with van der Waals surface area (Å²) in [6.45, 7) is 3.65. The van der Waals surface area contributed by atoms with Crippen LogP contribution in [0.3, 0.4) is 0 Å². The van der Waals surface area contributed by atoms with Crippen LogP contribution >= 0.6 is 0 Å². The second kappa shape index (κ2) is 7.28. The molecule has 0 unspecified atom stereocenters. The van der Waals surface area contributed by atoms with E-state index in [4.69, 9.17) is 9.47 Å². The highest BCUT2D eigenvalue weighted by molar-refractivity contribution is 5.78. The zero-order chi connectivity index (χ0) is 16.9. The Kier molecular flexibility index (Phi) is 5.38. The van der Waals surface area contributed by atoms with Crippen molar-refractivity contribution in [3.05, 3.63) is 42.5 Å². The minimum atomic E-state index is -1.77. The average molecular weight is 320 g/mol. The maximum Gasteiger partial charge on any atom is 0.311 e. The summed E-state index contributed by atoms with van der Waals surface area (Å²) in [4.78, 5) is 11.9. The Morgan fingerprint density at radius 2 is 1.87 bits per heavy atom. The Balaban J connectivity index is 1.72. The fourth-order valence-corrected chi connectivity index (χ4v) is 2.51. The second-order valence-corrected chi connectivity index (χ2v) is 5.84. The van der Waals surface area contributed by atoms with Gasteiger partial charge >= 0.3 is 5.97 Å². The molecule has 122 valence electrons. The lowest BCUT2D eigenvalue weighted by Crippen LogP contribution is -2.11. The molecule has 1 aliphatic carbocycles. The van der Waals surface area contributed by atoms with Gasteiger partial charge in [0.15, 0.2) is 6.61 Å². The van der Waals surface area contributed by atoms with Crippen LogP contribution in [0.5, 0.6) is 5.75 Å². The van der Waals surface area contributed by atoms with E-state index in [0.29, 0.717) is 5.75 Å². The number of halogens is 2. The van der Waals surface area contributed by atoms with Crippen molar-refractivity contribution < 1.29 is 23.0 Å². The number of hydrogen-bond acceptors (Lipinski definition) is 3. The number of ether oxygens (including phenoxy) is 2. The van der Waals surface area contributed by atoms with Gasteiger partial charge in [-0.2, -0.15) is 8.78 Å². The molecule has 0 spiro atoms. The van der Waals surface area contributed by atoms with Crippen molar-refractivity contribution >= 4 is 5.97 Å².